The number of sulfonamides is 1. The maximum Gasteiger partial charge on any atom is 0.329 e. The number of carbonyl (C=O) groups excluding carboxylic acids is 1. The lowest BCUT2D eigenvalue weighted by Gasteiger charge is -2.23. The van der Waals surface area contributed by atoms with Crippen molar-refractivity contribution < 1.29 is 31.5 Å². The first-order chi connectivity index (χ1) is 18.2. The van der Waals surface area contributed by atoms with E-state index in [1.54, 1.807) is 50.5 Å². The fourth-order valence-electron chi connectivity index (χ4n) is 3.93. The summed E-state index contributed by atoms with van der Waals surface area (Å²) in [6.45, 7) is 6.93. The summed E-state index contributed by atoms with van der Waals surface area (Å²) in [5, 5.41) is 0. The Morgan fingerprint density at radius 1 is 1.10 bits per heavy atom. The summed E-state index contributed by atoms with van der Waals surface area (Å²) >= 11 is 0. The number of esters is 1. The third-order valence-electron chi connectivity index (χ3n) is 5.66. The van der Waals surface area contributed by atoms with Crippen molar-refractivity contribution in [2.75, 3.05) is 17.6 Å². The van der Waals surface area contributed by atoms with E-state index in [-0.39, 0.29) is 17.5 Å². The number of benzene rings is 2. The van der Waals surface area contributed by atoms with Gasteiger partial charge in [0.25, 0.3) is 10.0 Å². The summed E-state index contributed by atoms with van der Waals surface area (Å²) in [5.74, 6) is -2.61. The summed E-state index contributed by atoms with van der Waals surface area (Å²) in [7, 11) is -3.16. The molecule has 0 amide bonds. The van der Waals surface area contributed by atoms with Gasteiger partial charge >= 0.3 is 5.97 Å². The molecular formula is C26H27F2N5O5S. The van der Waals surface area contributed by atoms with Crippen LogP contribution in [0.15, 0.2) is 53.6 Å². The number of ether oxygens (including phenoxy) is 2. The fraction of sp³-hybridized carbons (Fsp3) is 0.269. The molecule has 2 heterocycles. The van der Waals surface area contributed by atoms with Gasteiger partial charge in [-0.25, -0.2) is 32.0 Å². The van der Waals surface area contributed by atoms with E-state index in [2.05, 4.69) is 14.7 Å². The Morgan fingerprint density at radius 3 is 2.46 bits per heavy atom. The highest BCUT2D eigenvalue weighted by Crippen LogP contribution is 2.33. The minimum absolute atomic E-state index is 0.0706. The quantitative estimate of drug-likeness (QED) is 0.312. The Hall–Kier alpha value is -4.26. The van der Waals surface area contributed by atoms with E-state index in [1.165, 1.54) is 19.4 Å². The van der Waals surface area contributed by atoms with E-state index in [1.807, 2.05) is 0 Å². The van der Waals surface area contributed by atoms with Gasteiger partial charge in [0, 0.05) is 17.8 Å². The van der Waals surface area contributed by atoms with Gasteiger partial charge in [0.1, 0.15) is 33.9 Å². The smallest absolute Gasteiger partial charge is 0.329 e. The first kappa shape index (κ1) is 27.8. The van der Waals surface area contributed by atoms with E-state index < -0.39 is 44.2 Å². The number of methoxy groups -OCH3 is 1. The number of anilines is 2. The molecule has 2 aromatic heterocycles. The molecule has 0 saturated heterocycles. The molecule has 0 saturated carbocycles. The second-order valence-corrected chi connectivity index (χ2v) is 11.4. The van der Waals surface area contributed by atoms with Crippen LogP contribution in [0.5, 0.6) is 5.88 Å². The number of nitrogen functional groups attached to an aromatic ring is 1. The van der Waals surface area contributed by atoms with Crippen molar-refractivity contribution in [3.63, 3.8) is 0 Å². The molecule has 0 bridgehead atoms. The molecule has 39 heavy (non-hydrogen) atoms. The molecule has 0 fully saturated rings. The second kappa shape index (κ2) is 10.1. The predicted octanol–water partition coefficient (Wildman–Crippen LogP) is 4.67. The lowest BCUT2D eigenvalue weighted by atomic mass is 10.1. The average molecular weight is 560 g/mol. The van der Waals surface area contributed by atoms with Crippen LogP contribution in [0, 0.1) is 11.6 Å². The number of carbonyl (C=O) groups is 1. The van der Waals surface area contributed by atoms with Crippen LogP contribution in [0.4, 0.5) is 20.4 Å². The summed E-state index contributed by atoms with van der Waals surface area (Å²) in [6, 6.07) is 7.94. The second-order valence-electron chi connectivity index (χ2n) is 9.71. The van der Waals surface area contributed by atoms with E-state index in [0.717, 1.165) is 12.1 Å². The number of nitrogens with zero attached hydrogens (tertiary/aromatic N) is 3. The van der Waals surface area contributed by atoms with Crippen molar-refractivity contribution >= 4 is 38.7 Å². The molecule has 3 N–H and O–H groups in total. The van der Waals surface area contributed by atoms with Gasteiger partial charge in [0.15, 0.2) is 0 Å². The van der Waals surface area contributed by atoms with Crippen LogP contribution in [0.1, 0.15) is 33.7 Å². The number of imidazole rings is 1. The molecule has 0 aliphatic rings. The summed E-state index contributed by atoms with van der Waals surface area (Å²) in [6.07, 6.45) is 1.46. The number of hydrogen-bond acceptors (Lipinski definition) is 8. The molecule has 0 radical (unpaired) electrons. The predicted molar refractivity (Wildman–Crippen MR) is 142 cm³/mol. The lowest BCUT2D eigenvalue weighted by molar-refractivity contribution is -0.158. The van der Waals surface area contributed by atoms with Gasteiger partial charge in [-0.1, -0.05) is 6.07 Å². The molecule has 0 spiro atoms. The molecule has 0 aliphatic heterocycles. The Morgan fingerprint density at radius 2 is 1.82 bits per heavy atom. The first-order valence-electron chi connectivity index (χ1n) is 11.7. The van der Waals surface area contributed by atoms with Crippen molar-refractivity contribution in [1.82, 2.24) is 14.5 Å². The largest absolute Gasteiger partial charge is 0.480 e. The summed E-state index contributed by atoms with van der Waals surface area (Å²) in [5.41, 5.74) is 7.48. The first-order valence-corrected chi connectivity index (χ1v) is 13.2. The number of pyridine rings is 1. The van der Waals surface area contributed by atoms with Gasteiger partial charge in [-0.2, -0.15) is 0 Å². The number of nitrogens with two attached hydrogens (primary N) is 1. The molecule has 206 valence electrons. The third-order valence-corrected chi connectivity index (χ3v) is 7.06. The van der Waals surface area contributed by atoms with E-state index in [0.29, 0.717) is 28.2 Å². The van der Waals surface area contributed by atoms with Crippen molar-refractivity contribution in [1.29, 1.82) is 0 Å². The van der Waals surface area contributed by atoms with Crippen molar-refractivity contribution in [3.05, 3.63) is 60.3 Å². The maximum atomic E-state index is 14.2. The summed E-state index contributed by atoms with van der Waals surface area (Å²) in [4.78, 5) is 20.5. The van der Waals surface area contributed by atoms with Crippen molar-refractivity contribution in [2.24, 2.45) is 0 Å². The molecular weight excluding hydrogens is 532 g/mol. The average Bonchev–Trinajstić information content (AvgIpc) is 3.16. The summed E-state index contributed by atoms with van der Waals surface area (Å²) < 4.78 is 67.8. The maximum absolute atomic E-state index is 14.2. The van der Waals surface area contributed by atoms with Crippen molar-refractivity contribution in [3.8, 4) is 17.0 Å². The zero-order chi connectivity index (χ0) is 28.7. The molecule has 4 rings (SSSR count). The standard InChI is InChI=1S/C26H27F2N5O5S/c1-14(24(34)38-26(2,3)4)33-21-11-15(6-8-19(21)31-25(33)29)16-10-20(23(37-5)30-13-16)32-39(35,36)22-9-7-17(27)12-18(22)28/h6-14,32H,1-5H3,(H2,29,31). The van der Waals surface area contributed by atoms with Gasteiger partial charge in [0.2, 0.25) is 11.8 Å². The van der Waals surface area contributed by atoms with Crippen LogP contribution in [-0.2, 0) is 19.6 Å². The van der Waals surface area contributed by atoms with E-state index >= 15 is 0 Å². The Labute approximate surface area is 223 Å². The van der Waals surface area contributed by atoms with Gasteiger partial charge in [-0.15, -0.1) is 0 Å². The molecule has 1 atom stereocenters. The van der Waals surface area contributed by atoms with Crippen LogP contribution < -0.4 is 15.2 Å². The Kier molecular flexibility index (Phi) is 7.21. The monoisotopic (exact) mass is 559 g/mol. The van der Waals surface area contributed by atoms with E-state index in [9.17, 15) is 22.0 Å². The van der Waals surface area contributed by atoms with E-state index in [4.69, 9.17) is 15.2 Å². The number of nitrogens with one attached hydrogen (secondary N) is 1. The number of aromatic nitrogens is 3. The van der Waals surface area contributed by atoms with Crippen LogP contribution in [-0.4, -0.2) is 41.6 Å². The zero-order valence-electron chi connectivity index (χ0n) is 21.8. The highest BCUT2D eigenvalue weighted by molar-refractivity contribution is 7.92. The molecule has 13 heteroatoms. The SMILES string of the molecule is COc1ncc(-c2ccc3nc(N)n(C(C)C(=O)OC(C)(C)C)c3c2)cc1NS(=O)(=O)c1ccc(F)cc1F. The van der Waals surface area contributed by atoms with Crippen LogP contribution in [0.25, 0.3) is 22.2 Å². The highest BCUT2D eigenvalue weighted by atomic mass is 32.2. The minimum atomic E-state index is -4.46. The molecule has 10 nitrogen and oxygen atoms in total. The number of rotatable bonds is 7. The number of halogens is 2. The molecule has 4 aromatic rings. The number of fused-ring (bicyclic) bond motifs is 1. The number of hydrogen-bond donors (Lipinski definition) is 2. The van der Waals surface area contributed by atoms with Gasteiger partial charge in [-0.05, 0) is 63.6 Å². The van der Waals surface area contributed by atoms with Gasteiger partial charge in [-0.3, -0.25) is 9.29 Å². The van der Waals surface area contributed by atoms with Crippen LogP contribution in [0.2, 0.25) is 0 Å². The normalized spacial score (nSPS) is 12.8. The lowest BCUT2D eigenvalue weighted by Crippen LogP contribution is -2.29. The highest BCUT2D eigenvalue weighted by Gasteiger charge is 2.27. The Balaban J connectivity index is 1.75. The minimum Gasteiger partial charge on any atom is -0.480 e. The molecule has 2 aromatic carbocycles. The Bertz CT molecular complexity index is 1680. The molecule has 0 aliphatic carbocycles. The van der Waals surface area contributed by atoms with Crippen LogP contribution >= 0.6 is 0 Å². The third kappa shape index (κ3) is 5.77. The molecule has 1 unspecified atom stereocenters. The van der Waals surface area contributed by atoms with Crippen molar-refractivity contribution in [2.45, 2.75) is 44.2 Å². The fourth-order valence-corrected chi connectivity index (χ4v) is 5.04. The van der Waals surface area contributed by atoms with Gasteiger partial charge < -0.3 is 15.2 Å². The topological polar surface area (TPSA) is 138 Å². The zero-order valence-corrected chi connectivity index (χ0v) is 22.6. The van der Waals surface area contributed by atoms with Gasteiger partial charge in [0.05, 0.1) is 18.1 Å². The van der Waals surface area contributed by atoms with Crippen LogP contribution in [0.3, 0.4) is 0 Å².